The number of carbonyl (C=O) groups is 1. The molecule has 9 nitrogen and oxygen atoms in total. The predicted octanol–water partition coefficient (Wildman–Crippen LogP) is 2.66. The summed E-state index contributed by atoms with van der Waals surface area (Å²) in [4.78, 5) is 26.2. The second kappa shape index (κ2) is 9.86. The zero-order valence-corrected chi connectivity index (χ0v) is 18.6. The van der Waals surface area contributed by atoms with Crippen LogP contribution in [-0.2, 0) is 9.53 Å². The maximum absolute atomic E-state index is 12.2. The number of nitrogens with one attached hydrogen (secondary N) is 2. The molecular formula is C23H29N7O2. The Morgan fingerprint density at radius 3 is 2.84 bits per heavy atom. The van der Waals surface area contributed by atoms with Gasteiger partial charge < -0.3 is 19.9 Å². The van der Waals surface area contributed by atoms with E-state index in [1.165, 1.54) is 0 Å². The summed E-state index contributed by atoms with van der Waals surface area (Å²) in [5.41, 5.74) is 3.90. The maximum atomic E-state index is 12.2. The van der Waals surface area contributed by atoms with E-state index in [-0.39, 0.29) is 12.5 Å². The smallest absolute Gasteiger partial charge is 0.245 e. The fourth-order valence-electron chi connectivity index (χ4n) is 4.20. The Morgan fingerprint density at radius 2 is 2.16 bits per heavy atom. The van der Waals surface area contributed by atoms with E-state index in [1.807, 2.05) is 30.9 Å². The molecule has 1 amide bonds. The average Bonchev–Trinajstić information content (AvgIpc) is 3.34. The molecule has 3 heterocycles. The van der Waals surface area contributed by atoms with Gasteiger partial charge in [0.25, 0.3) is 0 Å². The molecule has 0 radical (unpaired) electrons. The number of ether oxygens (including phenoxy) is 1. The Balaban J connectivity index is 1.59. The molecule has 2 aliphatic heterocycles. The van der Waals surface area contributed by atoms with Crippen molar-refractivity contribution in [2.45, 2.75) is 33.1 Å². The molecule has 0 aliphatic carbocycles. The second-order valence-electron chi connectivity index (χ2n) is 8.21. The summed E-state index contributed by atoms with van der Waals surface area (Å²) >= 11 is 0. The summed E-state index contributed by atoms with van der Waals surface area (Å²) in [6.45, 7) is 10.3. The highest BCUT2D eigenvalue weighted by molar-refractivity contribution is 6.01. The molecule has 1 aromatic carbocycles. The normalized spacial score (nSPS) is 18.1. The van der Waals surface area contributed by atoms with Crippen molar-refractivity contribution >= 4 is 18.3 Å². The summed E-state index contributed by atoms with van der Waals surface area (Å²) in [7, 11) is 0. The number of hydrogen-bond acceptors (Lipinski definition) is 7. The summed E-state index contributed by atoms with van der Waals surface area (Å²) in [6.07, 6.45) is 4.67. The lowest BCUT2D eigenvalue weighted by atomic mass is 9.96. The number of carbonyl (C=O) groups excluding carboxylic acids is 1. The first-order chi connectivity index (χ1) is 15.5. The largest absolute Gasteiger partial charge is 0.381 e. The molecule has 0 spiro atoms. The summed E-state index contributed by atoms with van der Waals surface area (Å²) in [6, 6.07) is 6.08. The Hall–Kier alpha value is -3.33. The molecule has 32 heavy (non-hydrogen) atoms. The molecule has 9 heteroatoms. The first-order valence-corrected chi connectivity index (χ1v) is 10.9. The van der Waals surface area contributed by atoms with E-state index in [9.17, 15) is 4.79 Å². The van der Waals surface area contributed by atoms with Gasteiger partial charge in [-0.3, -0.25) is 4.79 Å². The fourth-order valence-corrected chi connectivity index (χ4v) is 4.20. The van der Waals surface area contributed by atoms with E-state index in [0.717, 1.165) is 67.2 Å². The number of aromatic amines is 1. The van der Waals surface area contributed by atoms with E-state index in [0.29, 0.717) is 17.6 Å². The van der Waals surface area contributed by atoms with Gasteiger partial charge in [-0.2, -0.15) is 0 Å². The van der Waals surface area contributed by atoms with E-state index in [4.69, 9.17) is 9.73 Å². The van der Waals surface area contributed by atoms with E-state index < -0.39 is 0 Å². The van der Waals surface area contributed by atoms with Gasteiger partial charge in [-0.05, 0) is 62.9 Å². The number of aliphatic imine (C=N–C) groups is 2. The molecule has 2 aromatic rings. The molecule has 1 fully saturated rings. The van der Waals surface area contributed by atoms with Crippen molar-refractivity contribution in [3.05, 3.63) is 47.3 Å². The zero-order chi connectivity index (χ0) is 22.5. The van der Waals surface area contributed by atoms with Crippen LogP contribution >= 0.6 is 0 Å². The summed E-state index contributed by atoms with van der Waals surface area (Å²) in [5.74, 6) is 2.30. The van der Waals surface area contributed by atoms with Crippen molar-refractivity contribution in [1.82, 2.24) is 25.4 Å². The van der Waals surface area contributed by atoms with Crippen LogP contribution < -0.4 is 5.32 Å². The number of nitrogens with zero attached hydrogens (tertiary/aromatic N) is 5. The zero-order valence-electron chi connectivity index (χ0n) is 18.6. The molecule has 2 N–H and O–H groups in total. The van der Waals surface area contributed by atoms with Crippen LogP contribution in [0.25, 0.3) is 11.4 Å². The number of H-pyrrole nitrogens is 1. The van der Waals surface area contributed by atoms with Crippen molar-refractivity contribution in [3.8, 4) is 11.4 Å². The van der Waals surface area contributed by atoms with Crippen molar-refractivity contribution in [1.29, 1.82) is 0 Å². The molecule has 168 valence electrons. The van der Waals surface area contributed by atoms with Crippen LogP contribution in [0.15, 0.2) is 46.2 Å². The summed E-state index contributed by atoms with van der Waals surface area (Å²) < 4.78 is 5.47. The second-order valence-corrected chi connectivity index (χ2v) is 8.21. The Morgan fingerprint density at radius 1 is 1.34 bits per heavy atom. The highest BCUT2D eigenvalue weighted by Gasteiger charge is 2.26. The lowest BCUT2D eigenvalue weighted by molar-refractivity contribution is -0.122. The minimum atomic E-state index is -0.0939. The van der Waals surface area contributed by atoms with E-state index >= 15 is 0 Å². The SMILES string of the molecule is C=NC1=C(/N=C(\C)c2ccc(-c3nnc[nH]3)cc2C)N(CCC2CCOCC2)CC(=O)N1. The quantitative estimate of drug-likeness (QED) is 0.650. The third kappa shape index (κ3) is 4.94. The number of aromatic nitrogens is 3. The Kier molecular flexibility index (Phi) is 6.75. The third-order valence-corrected chi connectivity index (χ3v) is 5.99. The standard InChI is InChI=1S/C23H29N7O2/c1-15-12-18(21-25-14-26-29-21)4-5-19(15)16(2)27-23-22(24-3)28-20(31)13-30(23)9-6-17-7-10-32-11-8-17/h4-5,12,14,17H,3,6-11,13H2,1-2H3,(H,28,31)(H,25,26,29)/b27-16+. The van der Waals surface area contributed by atoms with Gasteiger partial charge in [-0.1, -0.05) is 12.1 Å². The van der Waals surface area contributed by atoms with Crippen molar-refractivity contribution < 1.29 is 9.53 Å². The van der Waals surface area contributed by atoms with Crippen LogP contribution in [0.5, 0.6) is 0 Å². The predicted molar refractivity (Wildman–Crippen MR) is 123 cm³/mol. The van der Waals surface area contributed by atoms with Crippen molar-refractivity contribution in [2.24, 2.45) is 15.9 Å². The number of aryl methyl sites for hydroxylation is 1. The lowest BCUT2D eigenvalue weighted by Crippen LogP contribution is -2.43. The molecule has 2 aliphatic rings. The lowest BCUT2D eigenvalue weighted by Gasteiger charge is -2.32. The minimum Gasteiger partial charge on any atom is -0.381 e. The highest BCUT2D eigenvalue weighted by atomic mass is 16.5. The van der Waals surface area contributed by atoms with Gasteiger partial charge in [-0.25, -0.2) is 9.98 Å². The number of benzene rings is 1. The van der Waals surface area contributed by atoms with Gasteiger partial charge in [0.15, 0.2) is 17.5 Å². The van der Waals surface area contributed by atoms with Gasteiger partial charge in [0.1, 0.15) is 6.33 Å². The topological polar surface area (TPSA) is 108 Å². The number of amides is 1. The molecule has 0 saturated carbocycles. The van der Waals surface area contributed by atoms with Gasteiger partial charge in [0.05, 0.1) is 6.54 Å². The Labute approximate surface area is 187 Å². The highest BCUT2D eigenvalue weighted by Crippen LogP contribution is 2.24. The molecule has 0 atom stereocenters. The number of hydrogen-bond donors (Lipinski definition) is 2. The minimum absolute atomic E-state index is 0.0939. The molecule has 1 aromatic heterocycles. The van der Waals surface area contributed by atoms with Crippen molar-refractivity contribution in [3.63, 3.8) is 0 Å². The molecule has 1 saturated heterocycles. The van der Waals surface area contributed by atoms with Crippen LogP contribution in [0.3, 0.4) is 0 Å². The van der Waals surface area contributed by atoms with Gasteiger partial charge in [0, 0.05) is 31.0 Å². The van der Waals surface area contributed by atoms with Crippen molar-refractivity contribution in [2.75, 3.05) is 26.3 Å². The molecule has 4 rings (SSSR count). The molecule has 0 unspecified atom stereocenters. The number of rotatable bonds is 7. The first-order valence-electron chi connectivity index (χ1n) is 10.9. The molecule has 0 bridgehead atoms. The van der Waals surface area contributed by atoms with Gasteiger partial charge >= 0.3 is 0 Å². The summed E-state index contributed by atoms with van der Waals surface area (Å²) in [5, 5.41) is 10.7. The third-order valence-electron chi connectivity index (χ3n) is 5.99. The maximum Gasteiger partial charge on any atom is 0.245 e. The first kappa shape index (κ1) is 21.9. The Bertz CT molecular complexity index is 1040. The van der Waals surface area contributed by atoms with Crippen LogP contribution in [-0.4, -0.2) is 64.7 Å². The van der Waals surface area contributed by atoms with Crippen LogP contribution in [0.1, 0.15) is 37.3 Å². The average molecular weight is 436 g/mol. The van der Waals surface area contributed by atoms with Gasteiger partial charge in [0.2, 0.25) is 5.91 Å². The van der Waals surface area contributed by atoms with Crippen LogP contribution in [0, 0.1) is 12.8 Å². The van der Waals surface area contributed by atoms with Crippen LogP contribution in [0.4, 0.5) is 0 Å². The monoisotopic (exact) mass is 435 g/mol. The van der Waals surface area contributed by atoms with E-state index in [2.05, 4.69) is 38.3 Å². The van der Waals surface area contributed by atoms with Crippen LogP contribution in [0.2, 0.25) is 0 Å². The fraction of sp³-hybridized carbons (Fsp3) is 0.435. The van der Waals surface area contributed by atoms with E-state index in [1.54, 1.807) is 6.33 Å². The molecular weight excluding hydrogens is 406 g/mol. The van der Waals surface area contributed by atoms with Gasteiger partial charge in [-0.15, -0.1) is 10.2 Å².